The Balaban J connectivity index is 0.000000183. The van der Waals surface area contributed by atoms with Gasteiger partial charge in [-0.1, -0.05) is 72.8 Å². The Hall–Kier alpha value is -6.86. The van der Waals surface area contributed by atoms with Gasteiger partial charge in [-0.25, -0.2) is 35.3 Å². The van der Waals surface area contributed by atoms with Crippen LogP contribution in [0.2, 0.25) is 0 Å². The zero-order chi connectivity index (χ0) is 55.8. The fourth-order valence-corrected chi connectivity index (χ4v) is 10.1. The number of benzene rings is 2. The molecule has 5 saturated heterocycles. The summed E-state index contributed by atoms with van der Waals surface area (Å²) >= 11 is 0. The van der Waals surface area contributed by atoms with Crippen molar-refractivity contribution in [2.24, 2.45) is 29.6 Å². The van der Waals surface area contributed by atoms with Crippen LogP contribution in [0.5, 0.6) is 0 Å². The van der Waals surface area contributed by atoms with E-state index in [1.807, 2.05) is 93.6 Å². The first-order chi connectivity index (χ1) is 36.5. The molecule has 1 saturated carbocycles. The number of ether oxygens (including phenoxy) is 2. The van der Waals surface area contributed by atoms with Gasteiger partial charge in [-0.2, -0.15) is 10.1 Å². The number of nitrogens with two attached hydrogens (primary N) is 1. The number of likely N-dealkylation sites (N-methyl/N-ethyl adjacent to an activating group) is 2. The van der Waals surface area contributed by atoms with Crippen LogP contribution in [-0.2, 0) is 66.1 Å². The van der Waals surface area contributed by atoms with Crippen molar-refractivity contribution in [2.45, 2.75) is 122 Å². The Bertz CT molecular complexity index is 2440. The fourth-order valence-electron chi connectivity index (χ4n) is 10.1. The van der Waals surface area contributed by atoms with E-state index in [9.17, 15) is 38.4 Å². The molecule has 3 N–H and O–H groups in total. The number of nitrogens with zero attached hydrogens (tertiary/aromatic N) is 7. The van der Waals surface area contributed by atoms with E-state index in [4.69, 9.17) is 34.7 Å². The molecule has 2 aromatic rings. The SMILES string of the molecule is CN(CCON)C(=O)OC(C)(C)C.CN(CCONC(=O)[C@@H]1CC[C@@H]2CN1C(=O)N2OCc1ccccc1)C(=O)OC(C)(C)C.O=C(ON1C(=O)[C@@H]2[C@H](C1=O)[C@@H]1C=C[C@H]2C1)[C@@H]1CC[C@@H]2CN1C(=O)N2OCc1ccccc1. The molecule has 5 heterocycles. The summed E-state index contributed by atoms with van der Waals surface area (Å²) in [5.74, 6) is 2.01. The maximum Gasteiger partial charge on any atom is 0.410 e. The number of nitrogens with one attached hydrogen (secondary N) is 1. The van der Waals surface area contributed by atoms with Crippen molar-refractivity contribution in [3.8, 4) is 0 Å². The molecule has 77 heavy (non-hydrogen) atoms. The molecule has 5 aliphatic heterocycles. The number of carbonyl (C=O) groups is 8. The first-order valence-corrected chi connectivity index (χ1v) is 26.0. The predicted molar refractivity (Wildman–Crippen MR) is 272 cm³/mol. The molecular weight excluding hydrogens is 1000 g/mol. The molecule has 420 valence electrons. The van der Waals surface area contributed by atoms with Crippen LogP contribution in [0.25, 0.3) is 0 Å². The predicted octanol–water partition coefficient (Wildman–Crippen LogP) is 4.70. The molecule has 0 aromatic heterocycles. The second-order valence-electron chi connectivity index (χ2n) is 21.9. The third-order valence-electron chi connectivity index (χ3n) is 13.9. The molecular formula is C53H73N9O15. The van der Waals surface area contributed by atoms with Crippen molar-refractivity contribution in [1.82, 2.24) is 40.3 Å². The number of carbonyl (C=O) groups excluding carboxylic acids is 8. The average Bonchev–Trinajstić information content (AvgIpc) is 4.20. The Morgan fingerprint density at radius 1 is 0.636 bits per heavy atom. The molecule has 8 atom stereocenters. The van der Waals surface area contributed by atoms with E-state index >= 15 is 0 Å². The lowest BCUT2D eigenvalue weighted by molar-refractivity contribution is -0.202. The highest BCUT2D eigenvalue weighted by atomic mass is 16.7. The summed E-state index contributed by atoms with van der Waals surface area (Å²) in [6.45, 7) is 13.2. The van der Waals surface area contributed by atoms with E-state index < -0.39 is 65.0 Å². The van der Waals surface area contributed by atoms with Gasteiger partial charge in [-0.15, -0.1) is 5.06 Å². The summed E-state index contributed by atoms with van der Waals surface area (Å²) in [5.41, 5.74) is 3.26. The molecule has 6 bridgehead atoms. The van der Waals surface area contributed by atoms with Crippen LogP contribution in [0.3, 0.4) is 0 Å². The normalized spacial score (nSPS) is 24.7. The third-order valence-corrected chi connectivity index (χ3v) is 13.9. The van der Waals surface area contributed by atoms with Gasteiger partial charge in [0.25, 0.3) is 17.7 Å². The summed E-state index contributed by atoms with van der Waals surface area (Å²) < 4.78 is 10.3. The molecule has 7 aliphatic rings. The van der Waals surface area contributed by atoms with Gasteiger partial charge in [0.05, 0.1) is 37.1 Å². The fraction of sp³-hybridized carbons (Fsp3) is 0.585. The quantitative estimate of drug-likeness (QED) is 0.0999. The van der Waals surface area contributed by atoms with Crippen LogP contribution in [-0.4, -0.2) is 172 Å². The van der Waals surface area contributed by atoms with Crippen LogP contribution < -0.4 is 11.4 Å². The molecule has 9 amide bonds. The zero-order valence-electron chi connectivity index (χ0n) is 45.1. The Morgan fingerprint density at radius 2 is 1.08 bits per heavy atom. The number of fused-ring (bicyclic) bond motifs is 9. The highest BCUT2D eigenvalue weighted by Gasteiger charge is 2.61. The molecule has 2 aliphatic carbocycles. The van der Waals surface area contributed by atoms with Gasteiger partial charge < -0.3 is 38.7 Å². The number of amides is 9. The Morgan fingerprint density at radius 3 is 1.53 bits per heavy atom. The lowest BCUT2D eigenvalue weighted by Gasteiger charge is -2.29. The van der Waals surface area contributed by atoms with Gasteiger partial charge in [0.1, 0.15) is 36.5 Å². The number of hydrogen-bond donors (Lipinski definition) is 2. The summed E-state index contributed by atoms with van der Waals surface area (Å²) in [6.07, 6.45) is 6.07. The minimum absolute atomic E-state index is 0.0380. The van der Waals surface area contributed by atoms with E-state index in [1.54, 1.807) is 34.9 Å². The van der Waals surface area contributed by atoms with Crippen molar-refractivity contribution in [3.05, 3.63) is 83.9 Å². The summed E-state index contributed by atoms with van der Waals surface area (Å²) in [4.78, 5) is 132. The van der Waals surface area contributed by atoms with Crippen LogP contribution in [0.15, 0.2) is 72.8 Å². The van der Waals surface area contributed by atoms with Gasteiger partial charge in [0.2, 0.25) is 0 Å². The topological polar surface area (TPSA) is 262 Å². The lowest BCUT2D eigenvalue weighted by Crippen LogP contribution is -2.50. The largest absolute Gasteiger partial charge is 0.444 e. The van der Waals surface area contributed by atoms with Crippen LogP contribution in [0, 0.1) is 23.7 Å². The second kappa shape index (κ2) is 25.1. The van der Waals surface area contributed by atoms with E-state index in [0.29, 0.717) is 63.6 Å². The van der Waals surface area contributed by atoms with E-state index in [-0.39, 0.29) is 61.7 Å². The molecule has 9 rings (SSSR count). The van der Waals surface area contributed by atoms with Crippen LogP contribution in [0.4, 0.5) is 19.2 Å². The zero-order valence-corrected chi connectivity index (χ0v) is 45.1. The van der Waals surface area contributed by atoms with Crippen LogP contribution in [0.1, 0.15) is 84.8 Å². The van der Waals surface area contributed by atoms with Gasteiger partial charge in [0.15, 0.2) is 0 Å². The molecule has 0 radical (unpaired) electrons. The Kier molecular flexibility index (Phi) is 18.8. The molecule has 24 nitrogen and oxygen atoms in total. The summed E-state index contributed by atoms with van der Waals surface area (Å²) in [6, 6.07) is 16.7. The van der Waals surface area contributed by atoms with Crippen molar-refractivity contribution >= 4 is 47.9 Å². The van der Waals surface area contributed by atoms with Crippen molar-refractivity contribution in [3.63, 3.8) is 0 Å². The maximum absolute atomic E-state index is 12.9. The third kappa shape index (κ3) is 14.4. The summed E-state index contributed by atoms with van der Waals surface area (Å²) in [5, 5.41) is 3.37. The molecule has 0 spiro atoms. The van der Waals surface area contributed by atoms with Gasteiger partial charge in [-0.05, 0) is 96.6 Å². The average molecular weight is 1080 g/mol. The monoisotopic (exact) mass is 1080 g/mol. The minimum Gasteiger partial charge on any atom is -0.444 e. The number of allylic oxidation sites excluding steroid dienone is 2. The van der Waals surface area contributed by atoms with Gasteiger partial charge in [0, 0.05) is 40.3 Å². The lowest BCUT2D eigenvalue weighted by atomic mass is 9.85. The number of hydroxylamine groups is 7. The molecule has 6 fully saturated rings. The maximum atomic E-state index is 12.9. The van der Waals surface area contributed by atoms with Gasteiger partial charge in [-0.3, -0.25) is 28.9 Å². The summed E-state index contributed by atoms with van der Waals surface area (Å²) in [7, 11) is 3.22. The van der Waals surface area contributed by atoms with Crippen molar-refractivity contribution < 1.29 is 72.0 Å². The first-order valence-electron chi connectivity index (χ1n) is 26.0. The minimum atomic E-state index is -0.847. The molecule has 24 heteroatoms. The second-order valence-corrected chi connectivity index (χ2v) is 21.9. The smallest absolute Gasteiger partial charge is 0.410 e. The van der Waals surface area contributed by atoms with Crippen molar-refractivity contribution in [1.29, 1.82) is 0 Å². The number of hydrogen-bond acceptors (Lipinski definition) is 16. The number of rotatable bonds is 16. The van der Waals surface area contributed by atoms with Crippen molar-refractivity contribution in [2.75, 3.05) is 53.5 Å². The van der Waals surface area contributed by atoms with Gasteiger partial charge >= 0.3 is 30.2 Å². The first kappa shape index (κ1) is 57.8. The number of imide groups is 1. The molecule has 2 aromatic carbocycles. The highest BCUT2D eigenvalue weighted by Crippen LogP contribution is 2.52. The number of urea groups is 2. The standard InChI is InChI=1S/C23H23N3O6.C22H32N4O6.C8H18N2O3/c27-20-18-14-6-7-15(10-14)19(18)21(28)26(20)32-22(29)17-9-8-16-11-24(17)23(30)25(16)31-12-13-4-2-1-3-5-13;1-22(2,3)32-21(29)24(4)12-13-30-23-19(27)18-11-10-17-14-25(18)20(28)26(17)31-15-16-8-6-5-7-9-16;1-8(2,3)13-7(11)10(4)5-6-12-9/h1-7,14-19H,8-12H2;5-9,17-18H,10-15H2,1-4H3,(H,23,27);5-6,9H2,1-4H3/t14-,15+,16-,17+,18-,19+;17-,18+;/m11./s1. The Labute approximate surface area is 448 Å². The number of piperidine rings is 2. The van der Waals surface area contributed by atoms with Crippen LogP contribution >= 0.6 is 0 Å². The van der Waals surface area contributed by atoms with E-state index in [0.717, 1.165) is 17.5 Å². The van der Waals surface area contributed by atoms with E-state index in [1.165, 1.54) is 29.7 Å². The van der Waals surface area contributed by atoms with E-state index in [2.05, 4.69) is 10.3 Å². The highest BCUT2D eigenvalue weighted by molar-refractivity contribution is 6.06. The molecule has 0 unspecified atom stereocenters.